The highest BCUT2D eigenvalue weighted by atomic mass is 14.7. The molecule has 67 valence electrons. The average Bonchev–Trinajstić information content (AvgIpc) is 1.93. The maximum absolute atomic E-state index is 7.18. The Kier molecular flexibility index (Phi) is 4.19. The fourth-order valence-electron chi connectivity index (χ4n) is 1.91. The summed E-state index contributed by atoms with van der Waals surface area (Å²) in [6.07, 6.45) is 9.22. The van der Waals surface area contributed by atoms with E-state index in [4.69, 9.17) is 11.1 Å². The molecule has 3 heteroatoms. The summed E-state index contributed by atoms with van der Waals surface area (Å²) >= 11 is 0. The van der Waals surface area contributed by atoms with Gasteiger partial charge in [0.1, 0.15) is 0 Å². The fourth-order valence-corrected chi connectivity index (χ4v) is 1.91. The number of hydrogen-bond acceptors (Lipinski definition) is 1. The minimum Gasteiger partial charge on any atom is -0.396 e. The van der Waals surface area contributed by atoms with Gasteiger partial charge in [0.25, 0.3) is 0 Å². The molecule has 1 radical (unpaired) electrons. The zero-order valence-electron chi connectivity index (χ0n) is 7.68. The minimum atomic E-state index is 0.251. The standard InChI is InChI=1S/C9H18BN2/c11-9(12)10-8-6-4-2-1-3-5-7-8/h8H,1-7H2,(H3,11,12). The fraction of sp³-hybridized carbons (Fsp3) is 0.889. The second-order valence-electron chi connectivity index (χ2n) is 3.73. The van der Waals surface area contributed by atoms with Crippen LogP contribution in [0.5, 0.6) is 0 Å². The Balaban J connectivity index is 2.24. The van der Waals surface area contributed by atoms with E-state index in [9.17, 15) is 0 Å². The van der Waals surface area contributed by atoms with Crippen LogP contribution in [0.25, 0.3) is 0 Å². The van der Waals surface area contributed by atoms with E-state index in [0.717, 1.165) is 0 Å². The molecule has 0 saturated heterocycles. The van der Waals surface area contributed by atoms with E-state index in [1.165, 1.54) is 44.9 Å². The van der Waals surface area contributed by atoms with Crippen LogP contribution in [-0.4, -0.2) is 13.0 Å². The first kappa shape index (κ1) is 9.62. The summed E-state index contributed by atoms with van der Waals surface area (Å²) < 4.78 is 0. The molecule has 0 aromatic heterocycles. The van der Waals surface area contributed by atoms with Crippen LogP contribution in [0.3, 0.4) is 0 Å². The first-order chi connectivity index (χ1) is 5.79. The second-order valence-corrected chi connectivity index (χ2v) is 3.73. The molecule has 0 amide bonds. The second kappa shape index (κ2) is 5.23. The van der Waals surface area contributed by atoms with Crippen molar-refractivity contribution < 1.29 is 0 Å². The van der Waals surface area contributed by atoms with E-state index in [0.29, 0.717) is 5.82 Å². The zero-order valence-corrected chi connectivity index (χ0v) is 7.68. The Hall–Kier alpha value is -0.465. The normalized spacial score (nSPS) is 21.0. The van der Waals surface area contributed by atoms with E-state index in [1.54, 1.807) is 0 Å². The third-order valence-electron chi connectivity index (χ3n) is 2.57. The molecule has 0 aromatic carbocycles. The Labute approximate surface area is 75.7 Å². The van der Waals surface area contributed by atoms with Gasteiger partial charge >= 0.3 is 0 Å². The Morgan fingerprint density at radius 2 is 1.58 bits per heavy atom. The Bertz CT molecular complexity index is 139. The molecule has 1 rings (SSSR count). The molecule has 1 saturated carbocycles. The molecular weight excluding hydrogens is 147 g/mol. The predicted octanol–water partition coefficient (Wildman–Crippen LogP) is 2.12. The lowest BCUT2D eigenvalue weighted by molar-refractivity contribution is 0.503. The van der Waals surface area contributed by atoms with Crippen LogP contribution in [0.2, 0.25) is 5.82 Å². The van der Waals surface area contributed by atoms with Crippen LogP contribution >= 0.6 is 0 Å². The highest BCUT2D eigenvalue weighted by molar-refractivity contribution is 6.74. The van der Waals surface area contributed by atoms with Gasteiger partial charge in [0.2, 0.25) is 7.28 Å². The highest BCUT2D eigenvalue weighted by Crippen LogP contribution is 2.25. The van der Waals surface area contributed by atoms with Gasteiger partial charge in [-0.15, -0.1) is 0 Å². The smallest absolute Gasteiger partial charge is 0.203 e. The molecule has 0 aromatic rings. The molecule has 1 fully saturated rings. The van der Waals surface area contributed by atoms with Crippen LogP contribution < -0.4 is 5.73 Å². The van der Waals surface area contributed by atoms with Crippen molar-refractivity contribution in [2.24, 2.45) is 5.73 Å². The van der Waals surface area contributed by atoms with Crippen molar-refractivity contribution in [3.8, 4) is 0 Å². The Morgan fingerprint density at radius 3 is 2.08 bits per heavy atom. The van der Waals surface area contributed by atoms with Crippen molar-refractivity contribution in [2.45, 2.75) is 50.8 Å². The summed E-state index contributed by atoms with van der Waals surface area (Å²) in [5.74, 6) is 0.586. The molecule has 0 aliphatic heterocycles. The highest BCUT2D eigenvalue weighted by Gasteiger charge is 2.13. The Morgan fingerprint density at radius 1 is 1.08 bits per heavy atom. The summed E-state index contributed by atoms with van der Waals surface area (Å²) in [4.78, 5) is 0. The van der Waals surface area contributed by atoms with Gasteiger partial charge in [-0.3, -0.25) is 5.41 Å². The number of rotatable bonds is 2. The minimum absolute atomic E-state index is 0.251. The van der Waals surface area contributed by atoms with Crippen LogP contribution in [0.1, 0.15) is 44.9 Å². The maximum atomic E-state index is 7.18. The van der Waals surface area contributed by atoms with Crippen molar-refractivity contribution in [3.63, 3.8) is 0 Å². The number of hydrogen-bond donors (Lipinski definition) is 2. The number of amidine groups is 1. The van der Waals surface area contributed by atoms with Gasteiger partial charge in [-0.2, -0.15) is 0 Å². The third-order valence-corrected chi connectivity index (χ3v) is 2.57. The zero-order chi connectivity index (χ0) is 8.81. The molecule has 0 spiro atoms. The van der Waals surface area contributed by atoms with E-state index in [2.05, 4.69) is 0 Å². The van der Waals surface area contributed by atoms with Gasteiger partial charge in [0, 0.05) is 5.73 Å². The van der Waals surface area contributed by atoms with E-state index in [-0.39, 0.29) is 5.73 Å². The topological polar surface area (TPSA) is 49.9 Å². The lowest BCUT2D eigenvalue weighted by Crippen LogP contribution is -2.23. The first-order valence-electron chi connectivity index (χ1n) is 4.98. The average molecular weight is 165 g/mol. The van der Waals surface area contributed by atoms with Gasteiger partial charge in [-0.05, 0) is 0 Å². The largest absolute Gasteiger partial charge is 0.396 e. The lowest BCUT2D eigenvalue weighted by Gasteiger charge is -2.17. The summed E-state index contributed by atoms with van der Waals surface area (Å²) in [6.45, 7) is 0. The summed E-state index contributed by atoms with van der Waals surface area (Å²) in [5, 5.41) is 7.18. The third kappa shape index (κ3) is 3.79. The molecule has 0 unspecified atom stereocenters. The molecule has 3 N–H and O–H groups in total. The molecule has 0 atom stereocenters. The van der Waals surface area contributed by atoms with Gasteiger partial charge in [-0.1, -0.05) is 50.8 Å². The van der Waals surface area contributed by atoms with Crippen molar-refractivity contribution in [1.82, 2.24) is 0 Å². The number of nitrogens with one attached hydrogen (secondary N) is 1. The van der Waals surface area contributed by atoms with Crippen LogP contribution in [0.4, 0.5) is 0 Å². The molecule has 1 aliphatic carbocycles. The SMILES string of the molecule is N=C(N)[B]C1CCCCCCC1. The van der Waals surface area contributed by atoms with Crippen molar-refractivity contribution in [2.75, 3.05) is 0 Å². The molecule has 12 heavy (non-hydrogen) atoms. The lowest BCUT2D eigenvalue weighted by atomic mass is 9.59. The van der Waals surface area contributed by atoms with Gasteiger partial charge < -0.3 is 5.73 Å². The van der Waals surface area contributed by atoms with Gasteiger partial charge in [0.05, 0.1) is 0 Å². The van der Waals surface area contributed by atoms with E-state index in [1.807, 2.05) is 7.28 Å². The van der Waals surface area contributed by atoms with E-state index < -0.39 is 0 Å². The number of nitrogens with two attached hydrogens (primary N) is 1. The monoisotopic (exact) mass is 165 g/mol. The summed E-state index contributed by atoms with van der Waals surface area (Å²) in [5.41, 5.74) is 5.59. The van der Waals surface area contributed by atoms with Crippen LogP contribution in [0.15, 0.2) is 0 Å². The molecule has 0 heterocycles. The predicted molar refractivity (Wildman–Crippen MR) is 53.7 cm³/mol. The molecular formula is C9H18BN2. The van der Waals surface area contributed by atoms with Crippen molar-refractivity contribution in [3.05, 3.63) is 0 Å². The van der Waals surface area contributed by atoms with Gasteiger partial charge in [-0.25, -0.2) is 0 Å². The molecule has 0 bridgehead atoms. The van der Waals surface area contributed by atoms with Crippen molar-refractivity contribution in [1.29, 1.82) is 5.41 Å². The van der Waals surface area contributed by atoms with Crippen molar-refractivity contribution >= 4 is 13.0 Å². The first-order valence-corrected chi connectivity index (χ1v) is 4.98. The summed E-state index contributed by atoms with van der Waals surface area (Å²) in [7, 11) is 1.92. The van der Waals surface area contributed by atoms with Crippen LogP contribution in [-0.2, 0) is 0 Å². The van der Waals surface area contributed by atoms with Crippen LogP contribution in [0, 0.1) is 5.41 Å². The quantitative estimate of drug-likeness (QED) is 0.367. The summed E-state index contributed by atoms with van der Waals surface area (Å²) in [6, 6.07) is 0. The van der Waals surface area contributed by atoms with E-state index >= 15 is 0 Å². The molecule has 2 nitrogen and oxygen atoms in total. The maximum Gasteiger partial charge on any atom is 0.203 e. The molecule has 1 aliphatic rings. The van der Waals surface area contributed by atoms with Gasteiger partial charge in [0.15, 0.2) is 0 Å².